The van der Waals surface area contributed by atoms with Crippen molar-refractivity contribution in [3.63, 3.8) is 0 Å². The lowest BCUT2D eigenvalue weighted by atomic mass is 10.1. The van der Waals surface area contributed by atoms with Gasteiger partial charge in [0, 0.05) is 12.8 Å². The molecule has 33 heavy (non-hydrogen) atoms. The van der Waals surface area contributed by atoms with Gasteiger partial charge in [0.2, 0.25) is 0 Å². The quantitative estimate of drug-likeness (QED) is 0.0765. The zero-order chi connectivity index (χ0) is 24.2. The molecule has 0 heterocycles. The van der Waals surface area contributed by atoms with Crippen LogP contribution in [0, 0.1) is 0 Å². The summed E-state index contributed by atoms with van der Waals surface area (Å²) < 4.78 is 10.5. The molecule has 0 bridgehead atoms. The van der Waals surface area contributed by atoms with Gasteiger partial charge in [-0.2, -0.15) is 0 Å². The maximum absolute atomic E-state index is 11.8. The molecule has 4 nitrogen and oxygen atoms in total. The van der Waals surface area contributed by atoms with Crippen molar-refractivity contribution in [2.24, 2.45) is 0 Å². The number of hydrogen-bond donors (Lipinski definition) is 0. The predicted octanol–water partition coefficient (Wildman–Crippen LogP) is 8.86. The van der Waals surface area contributed by atoms with Crippen LogP contribution < -0.4 is 0 Å². The summed E-state index contributed by atoms with van der Waals surface area (Å²) in [6.07, 6.45) is 27.7. The molecule has 0 unspecified atom stereocenters. The molecule has 0 aliphatic heterocycles. The maximum atomic E-state index is 11.8. The van der Waals surface area contributed by atoms with Crippen LogP contribution in [0.5, 0.6) is 0 Å². The van der Waals surface area contributed by atoms with Gasteiger partial charge in [-0.15, -0.1) is 0 Å². The fraction of sp³-hybridized carbons (Fsp3) is 0.862. The highest BCUT2D eigenvalue weighted by atomic mass is 16.5. The number of unbranched alkanes of at least 4 members (excludes halogenated alkanes) is 15. The van der Waals surface area contributed by atoms with Crippen molar-refractivity contribution in [2.75, 3.05) is 13.2 Å². The summed E-state index contributed by atoms with van der Waals surface area (Å²) in [6.45, 7) is 5.44. The molecule has 0 amide bonds. The Labute approximate surface area is 205 Å². The Morgan fingerprint density at radius 1 is 0.485 bits per heavy atom. The second-order valence-corrected chi connectivity index (χ2v) is 9.29. The number of esters is 2. The first-order valence-electron chi connectivity index (χ1n) is 14.2. The molecule has 0 radical (unpaired) electrons. The van der Waals surface area contributed by atoms with E-state index >= 15 is 0 Å². The highest BCUT2D eigenvalue weighted by Gasteiger charge is 2.06. The van der Waals surface area contributed by atoms with E-state index in [9.17, 15) is 9.59 Å². The van der Waals surface area contributed by atoms with Gasteiger partial charge >= 0.3 is 11.9 Å². The third-order valence-electron chi connectivity index (χ3n) is 5.96. The summed E-state index contributed by atoms with van der Waals surface area (Å²) in [5, 5.41) is 0. The fourth-order valence-corrected chi connectivity index (χ4v) is 3.80. The Hall–Kier alpha value is -1.32. The third-order valence-corrected chi connectivity index (χ3v) is 5.96. The van der Waals surface area contributed by atoms with Crippen molar-refractivity contribution in [2.45, 2.75) is 149 Å². The van der Waals surface area contributed by atoms with Gasteiger partial charge in [-0.1, -0.05) is 109 Å². The van der Waals surface area contributed by atoms with Crippen LogP contribution in [0.4, 0.5) is 0 Å². The fourth-order valence-electron chi connectivity index (χ4n) is 3.80. The minimum atomic E-state index is -0.167. The first kappa shape index (κ1) is 31.7. The lowest BCUT2D eigenvalue weighted by Gasteiger charge is -2.06. The number of carbonyl (C=O) groups excluding carboxylic acids is 2. The Morgan fingerprint density at radius 3 is 1.45 bits per heavy atom. The van der Waals surface area contributed by atoms with Crippen LogP contribution in [0.25, 0.3) is 0 Å². The maximum Gasteiger partial charge on any atom is 0.305 e. The van der Waals surface area contributed by atoms with Gasteiger partial charge in [-0.3, -0.25) is 9.59 Å². The van der Waals surface area contributed by atoms with E-state index in [1.165, 1.54) is 83.5 Å². The molecule has 0 aromatic carbocycles. The smallest absolute Gasteiger partial charge is 0.305 e. The molecule has 0 fully saturated rings. The van der Waals surface area contributed by atoms with E-state index in [1.807, 2.05) is 0 Å². The SMILES string of the molecule is CCCCC/C=C\CCOC(=O)CCCCC(=O)OCCCCCCCCCCCCCC. The Morgan fingerprint density at radius 2 is 0.909 bits per heavy atom. The van der Waals surface area contributed by atoms with Crippen LogP contribution in [-0.4, -0.2) is 25.2 Å². The average molecular weight is 467 g/mol. The first-order chi connectivity index (χ1) is 16.2. The molecule has 0 N–H and O–H groups in total. The van der Waals surface area contributed by atoms with E-state index in [-0.39, 0.29) is 11.9 Å². The van der Waals surface area contributed by atoms with Crippen LogP contribution in [0.15, 0.2) is 12.2 Å². The van der Waals surface area contributed by atoms with Crippen molar-refractivity contribution in [3.8, 4) is 0 Å². The molecular weight excluding hydrogens is 412 g/mol. The molecule has 0 saturated heterocycles. The van der Waals surface area contributed by atoms with E-state index in [4.69, 9.17) is 9.47 Å². The number of rotatable bonds is 25. The summed E-state index contributed by atoms with van der Waals surface area (Å²) in [5.74, 6) is -0.307. The second kappa shape index (κ2) is 26.9. The highest BCUT2D eigenvalue weighted by molar-refractivity contribution is 5.70. The summed E-state index contributed by atoms with van der Waals surface area (Å²) in [4.78, 5) is 23.5. The van der Waals surface area contributed by atoms with Gasteiger partial charge in [-0.25, -0.2) is 0 Å². The lowest BCUT2D eigenvalue weighted by Crippen LogP contribution is -2.07. The Kier molecular flexibility index (Phi) is 25.9. The van der Waals surface area contributed by atoms with Crippen molar-refractivity contribution in [1.82, 2.24) is 0 Å². The molecule has 0 aliphatic rings. The van der Waals surface area contributed by atoms with Gasteiger partial charge in [0.15, 0.2) is 0 Å². The Balaban J connectivity index is 3.32. The van der Waals surface area contributed by atoms with Crippen LogP contribution in [0.2, 0.25) is 0 Å². The van der Waals surface area contributed by atoms with Crippen LogP contribution in [0.3, 0.4) is 0 Å². The topological polar surface area (TPSA) is 52.6 Å². The average Bonchev–Trinajstić information content (AvgIpc) is 2.81. The summed E-state index contributed by atoms with van der Waals surface area (Å²) in [6, 6.07) is 0. The van der Waals surface area contributed by atoms with Crippen molar-refractivity contribution >= 4 is 11.9 Å². The van der Waals surface area contributed by atoms with Crippen molar-refractivity contribution in [1.29, 1.82) is 0 Å². The number of hydrogen-bond acceptors (Lipinski definition) is 4. The van der Waals surface area contributed by atoms with E-state index < -0.39 is 0 Å². The molecule has 0 rings (SSSR count). The second-order valence-electron chi connectivity index (χ2n) is 9.29. The van der Waals surface area contributed by atoms with Crippen LogP contribution in [-0.2, 0) is 19.1 Å². The minimum Gasteiger partial charge on any atom is -0.466 e. The van der Waals surface area contributed by atoms with Crippen LogP contribution in [0.1, 0.15) is 149 Å². The standard InChI is InChI=1S/C29H54O4/c1-3-5-7-9-11-12-13-14-15-17-19-23-27-33-29(31)25-21-20-24-28(30)32-26-22-18-16-10-8-6-4-2/h16,18H,3-15,17,19-27H2,1-2H3/b18-16-. The van der Waals surface area contributed by atoms with E-state index in [0.29, 0.717) is 38.9 Å². The van der Waals surface area contributed by atoms with Gasteiger partial charge in [-0.05, 0) is 38.5 Å². The minimum absolute atomic E-state index is 0.139. The lowest BCUT2D eigenvalue weighted by molar-refractivity contribution is -0.145. The van der Waals surface area contributed by atoms with E-state index in [0.717, 1.165) is 25.7 Å². The molecule has 0 atom stereocenters. The van der Waals surface area contributed by atoms with Crippen molar-refractivity contribution < 1.29 is 19.1 Å². The molecule has 0 aliphatic carbocycles. The van der Waals surface area contributed by atoms with Crippen molar-refractivity contribution in [3.05, 3.63) is 12.2 Å². The molecule has 0 aromatic heterocycles. The third kappa shape index (κ3) is 26.8. The molecular formula is C29H54O4. The van der Waals surface area contributed by atoms with Crippen LogP contribution >= 0.6 is 0 Å². The predicted molar refractivity (Wildman–Crippen MR) is 139 cm³/mol. The highest BCUT2D eigenvalue weighted by Crippen LogP contribution is 2.12. The summed E-state index contributed by atoms with van der Waals surface area (Å²) in [7, 11) is 0. The normalized spacial score (nSPS) is 11.2. The number of allylic oxidation sites excluding steroid dienone is 1. The van der Waals surface area contributed by atoms with Gasteiger partial charge in [0.1, 0.15) is 0 Å². The van der Waals surface area contributed by atoms with E-state index in [2.05, 4.69) is 26.0 Å². The first-order valence-corrected chi connectivity index (χ1v) is 14.2. The van der Waals surface area contributed by atoms with Gasteiger partial charge in [0.05, 0.1) is 13.2 Å². The number of ether oxygens (including phenoxy) is 2. The zero-order valence-corrected chi connectivity index (χ0v) is 22.1. The largest absolute Gasteiger partial charge is 0.466 e. The monoisotopic (exact) mass is 466 g/mol. The zero-order valence-electron chi connectivity index (χ0n) is 22.1. The van der Waals surface area contributed by atoms with Gasteiger partial charge < -0.3 is 9.47 Å². The molecule has 0 spiro atoms. The molecule has 4 heteroatoms. The summed E-state index contributed by atoms with van der Waals surface area (Å²) >= 11 is 0. The molecule has 0 aromatic rings. The van der Waals surface area contributed by atoms with Gasteiger partial charge in [0.25, 0.3) is 0 Å². The number of carbonyl (C=O) groups is 2. The van der Waals surface area contributed by atoms with E-state index in [1.54, 1.807) is 0 Å². The summed E-state index contributed by atoms with van der Waals surface area (Å²) in [5.41, 5.74) is 0. The Bertz CT molecular complexity index is 459. The molecule has 194 valence electrons. The molecule has 0 saturated carbocycles.